The van der Waals surface area contributed by atoms with Crippen molar-refractivity contribution in [3.63, 3.8) is 0 Å². The number of carbonyl (C=O) groups excluding carboxylic acids is 1. The number of nitrogens with zero attached hydrogens (tertiary/aromatic N) is 2. The number of carbonyl (C=O) groups is 1. The second-order valence-corrected chi connectivity index (χ2v) is 8.26. The van der Waals surface area contributed by atoms with Gasteiger partial charge in [-0.05, 0) is 53.5 Å². The number of benzene rings is 2. The standard InChI is InChI=1S/C26H25FN2O8/c1-3-4-20(27)22(29(32)33)14-35-18-6-7-19-16(11-18)9-10-28(26(19)31)21(13-25(30)34-2)17-5-8-23-24(12-17)37-15-36-23/h3-8,11-12,14,21,26,31H,1,9-10,13,15H2,2H3. The highest BCUT2D eigenvalue weighted by molar-refractivity contribution is 5.70. The van der Waals surface area contributed by atoms with Crippen molar-refractivity contribution >= 4 is 5.97 Å². The minimum absolute atomic E-state index is 0.00197. The number of hydrogen-bond acceptors (Lipinski definition) is 9. The molecule has 2 aromatic carbocycles. The van der Waals surface area contributed by atoms with E-state index in [1.807, 2.05) is 6.07 Å². The SMILES string of the molecule is C=CC=C(F)C(=COc1ccc2c(c1)CCN(C(CC(=O)OC)c1ccc3c(c1)OCO3)C2O)[N+](=O)[O-]. The molecule has 0 bridgehead atoms. The Balaban J connectivity index is 1.58. The first-order valence-electron chi connectivity index (χ1n) is 11.3. The van der Waals surface area contributed by atoms with Crippen LogP contribution in [0, 0.1) is 10.1 Å². The summed E-state index contributed by atoms with van der Waals surface area (Å²) in [4.78, 5) is 24.3. The van der Waals surface area contributed by atoms with E-state index in [0.29, 0.717) is 36.3 Å². The fourth-order valence-electron chi connectivity index (χ4n) is 4.29. The fourth-order valence-corrected chi connectivity index (χ4v) is 4.29. The number of nitro groups is 1. The molecule has 0 amide bonds. The molecule has 0 saturated carbocycles. The number of ether oxygens (including phenoxy) is 4. The van der Waals surface area contributed by atoms with E-state index in [1.54, 1.807) is 29.2 Å². The maximum Gasteiger partial charge on any atom is 0.339 e. The van der Waals surface area contributed by atoms with Crippen LogP contribution in [0.5, 0.6) is 17.2 Å². The highest BCUT2D eigenvalue weighted by Crippen LogP contribution is 2.41. The smallest absolute Gasteiger partial charge is 0.339 e. The van der Waals surface area contributed by atoms with Gasteiger partial charge in [0.25, 0.3) is 0 Å². The molecule has 0 fully saturated rings. The summed E-state index contributed by atoms with van der Waals surface area (Å²) in [6.45, 7) is 3.82. The Kier molecular flexibility index (Phi) is 7.85. The van der Waals surface area contributed by atoms with E-state index >= 15 is 0 Å². The number of aliphatic hydroxyl groups is 1. The number of methoxy groups -OCH3 is 1. The topological polar surface area (TPSA) is 121 Å². The van der Waals surface area contributed by atoms with Gasteiger partial charge < -0.3 is 24.1 Å². The minimum Gasteiger partial charge on any atom is -0.469 e. The average Bonchev–Trinajstić information content (AvgIpc) is 3.36. The molecule has 0 aromatic heterocycles. The van der Waals surface area contributed by atoms with E-state index in [4.69, 9.17) is 18.9 Å². The van der Waals surface area contributed by atoms with Gasteiger partial charge in [-0.1, -0.05) is 24.8 Å². The minimum atomic E-state index is -1.09. The van der Waals surface area contributed by atoms with Crippen molar-refractivity contribution < 1.29 is 38.2 Å². The first-order valence-corrected chi connectivity index (χ1v) is 11.3. The lowest BCUT2D eigenvalue weighted by Gasteiger charge is -2.39. The molecule has 0 spiro atoms. The monoisotopic (exact) mass is 512 g/mol. The summed E-state index contributed by atoms with van der Waals surface area (Å²) in [5.74, 6) is -0.124. The lowest BCUT2D eigenvalue weighted by atomic mass is 9.93. The van der Waals surface area contributed by atoms with Gasteiger partial charge in [-0.25, -0.2) is 0 Å². The van der Waals surface area contributed by atoms with Crippen LogP contribution < -0.4 is 14.2 Å². The maximum atomic E-state index is 13.9. The van der Waals surface area contributed by atoms with Crippen molar-refractivity contribution in [3.05, 3.63) is 99.7 Å². The molecule has 0 aliphatic carbocycles. The zero-order chi connectivity index (χ0) is 26.5. The van der Waals surface area contributed by atoms with Gasteiger partial charge in [0.15, 0.2) is 17.8 Å². The first kappa shape index (κ1) is 25.9. The molecular formula is C26H25FN2O8. The predicted octanol–water partition coefficient (Wildman–Crippen LogP) is 4.11. The van der Waals surface area contributed by atoms with Crippen LogP contribution >= 0.6 is 0 Å². The molecule has 2 aliphatic rings. The second kappa shape index (κ2) is 11.2. The highest BCUT2D eigenvalue weighted by Gasteiger charge is 2.34. The van der Waals surface area contributed by atoms with Gasteiger partial charge in [0.2, 0.25) is 12.6 Å². The van der Waals surface area contributed by atoms with E-state index in [2.05, 4.69) is 6.58 Å². The van der Waals surface area contributed by atoms with Crippen LogP contribution in [0.4, 0.5) is 4.39 Å². The molecule has 2 aromatic rings. The van der Waals surface area contributed by atoms with Crippen LogP contribution in [0.2, 0.25) is 0 Å². The number of esters is 1. The van der Waals surface area contributed by atoms with Crippen LogP contribution in [0.15, 0.2) is 72.9 Å². The van der Waals surface area contributed by atoms with Crippen molar-refractivity contribution in [2.75, 3.05) is 20.4 Å². The molecule has 2 heterocycles. The van der Waals surface area contributed by atoms with Crippen molar-refractivity contribution in [2.24, 2.45) is 0 Å². The van der Waals surface area contributed by atoms with Crippen molar-refractivity contribution in [2.45, 2.75) is 25.1 Å². The molecule has 2 aliphatic heterocycles. The Morgan fingerprint density at radius 1 is 1.32 bits per heavy atom. The first-order chi connectivity index (χ1) is 17.8. The van der Waals surface area contributed by atoms with Crippen LogP contribution in [-0.2, 0) is 16.0 Å². The van der Waals surface area contributed by atoms with Gasteiger partial charge in [-0.15, -0.1) is 0 Å². The summed E-state index contributed by atoms with van der Waals surface area (Å²) < 4.78 is 35.0. The largest absolute Gasteiger partial charge is 0.469 e. The van der Waals surface area contributed by atoms with E-state index < -0.39 is 34.7 Å². The van der Waals surface area contributed by atoms with E-state index in [-0.39, 0.29) is 19.0 Å². The Morgan fingerprint density at radius 2 is 2.11 bits per heavy atom. The number of halogens is 1. The predicted molar refractivity (Wildman–Crippen MR) is 129 cm³/mol. The summed E-state index contributed by atoms with van der Waals surface area (Å²) in [6, 6.07) is 9.64. The van der Waals surface area contributed by atoms with E-state index in [0.717, 1.165) is 23.3 Å². The van der Waals surface area contributed by atoms with Gasteiger partial charge in [0.05, 0.1) is 18.5 Å². The summed E-state index contributed by atoms with van der Waals surface area (Å²) in [5, 5.41) is 22.4. The number of fused-ring (bicyclic) bond motifs is 2. The molecule has 194 valence electrons. The quantitative estimate of drug-likeness (QED) is 0.174. The molecule has 0 radical (unpaired) electrons. The van der Waals surface area contributed by atoms with Crippen LogP contribution in [-0.4, -0.2) is 41.3 Å². The number of allylic oxidation sites excluding steroid dienone is 3. The molecule has 0 saturated heterocycles. The summed E-state index contributed by atoms with van der Waals surface area (Å²) >= 11 is 0. The second-order valence-electron chi connectivity index (χ2n) is 8.26. The fraction of sp³-hybridized carbons (Fsp3) is 0.269. The Bertz CT molecular complexity index is 1280. The maximum absolute atomic E-state index is 13.9. The molecule has 2 atom stereocenters. The van der Waals surface area contributed by atoms with Crippen LogP contribution in [0.25, 0.3) is 0 Å². The van der Waals surface area contributed by atoms with Gasteiger partial charge in [-0.2, -0.15) is 4.39 Å². The van der Waals surface area contributed by atoms with Gasteiger partial charge in [-0.3, -0.25) is 19.8 Å². The zero-order valence-electron chi connectivity index (χ0n) is 20.0. The number of aliphatic hydroxyl groups excluding tert-OH is 1. The molecule has 4 rings (SSSR count). The summed E-state index contributed by atoms with van der Waals surface area (Å²) in [7, 11) is 1.31. The molecule has 1 N–H and O–H groups in total. The van der Waals surface area contributed by atoms with Gasteiger partial charge in [0, 0.05) is 12.6 Å². The summed E-state index contributed by atoms with van der Waals surface area (Å²) in [5.41, 5.74) is 1.25. The Labute approximate surface area is 212 Å². The normalized spacial score (nSPS) is 18.1. The highest BCUT2D eigenvalue weighted by atomic mass is 19.1. The van der Waals surface area contributed by atoms with E-state index in [9.17, 15) is 24.4 Å². The summed E-state index contributed by atoms with van der Waals surface area (Å²) in [6.07, 6.45) is 2.10. The molecular weight excluding hydrogens is 487 g/mol. The lowest BCUT2D eigenvalue weighted by molar-refractivity contribution is -0.424. The third kappa shape index (κ3) is 5.63. The zero-order valence-corrected chi connectivity index (χ0v) is 20.0. The molecule has 2 unspecified atom stereocenters. The average molecular weight is 512 g/mol. The molecule has 11 heteroatoms. The van der Waals surface area contributed by atoms with Gasteiger partial charge in [0.1, 0.15) is 12.0 Å². The van der Waals surface area contributed by atoms with Crippen molar-refractivity contribution in [3.8, 4) is 17.2 Å². The Morgan fingerprint density at radius 3 is 2.84 bits per heavy atom. The molecule has 10 nitrogen and oxygen atoms in total. The third-order valence-corrected chi connectivity index (χ3v) is 6.13. The van der Waals surface area contributed by atoms with Crippen molar-refractivity contribution in [1.29, 1.82) is 0 Å². The number of rotatable bonds is 9. The van der Waals surface area contributed by atoms with Crippen LogP contribution in [0.1, 0.15) is 35.4 Å². The Hall–Kier alpha value is -4.22. The lowest BCUT2D eigenvalue weighted by Crippen LogP contribution is -2.39. The van der Waals surface area contributed by atoms with E-state index in [1.165, 1.54) is 13.2 Å². The van der Waals surface area contributed by atoms with Crippen LogP contribution in [0.3, 0.4) is 0 Å². The molecule has 37 heavy (non-hydrogen) atoms. The third-order valence-electron chi connectivity index (χ3n) is 6.13. The van der Waals surface area contributed by atoms with Gasteiger partial charge >= 0.3 is 11.7 Å². The number of hydrogen-bond donors (Lipinski definition) is 1. The van der Waals surface area contributed by atoms with Crippen molar-refractivity contribution in [1.82, 2.24) is 4.90 Å².